The molecule has 0 saturated heterocycles. The summed E-state index contributed by atoms with van der Waals surface area (Å²) >= 11 is 4.07. The van der Waals surface area contributed by atoms with E-state index in [1.165, 1.54) is 6.07 Å². The van der Waals surface area contributed by atoms with E-state index < -0.39 is 11.9 Å². The summed E-state index contributed by atoms with van der Waals surface area (Å²) in [4.78, 5) is 38.3. The van der Waals surface area contributed by atoms with E-state index in [9.17, 15) is 18.8 Å². The molecule has 0 bridgehead atoms. The van der Waals surface area contributed by atoms with Gasteiger partial charge in [0.1, 0.15) is 10.8 Å². The number of rotatable bonds is 8. The van der Waals surface area contributed by atoms with E-state index in [1.54, 1.807) is 37.9 Å². The van der Waals surface area contributed by atoms with Crippen LogP contribution in [0.1, 0.15) is 38.1 Å². The predicted molar refractivity (Wildman–Crippen MR) is 113 cm³/mol. The Morgan fingerprint density at radius 3 is 2.62 bits per heavy atom. The first-order valence-corrected chi connectivity index (χ1v) is 10.3. The fraction of sp³-hybridized carbons (Fsp3) is 0.316. The van der Waals surface area contributed by atoms with Crippen molar-refractivity contribution in [3.05, 3.63) is 50.1 Å². The molecule has 1 aromatic carbocycles. The second-order valence-electron chi connectivity index (χ2n) is 6.31. The molecule has 0 unspecified atom stereocenters. The first-order valence-electron chi connectivity index (χ1n) is 8.66. The molecule has 0 aliphatic carbocycles. The molecule has 2 amide bonds. The third-order valence-corrected chi connectivity index (χ3v) is 5.78. The lowest BCUT2D eigenvalue weighted by Gasteiger charge is -2.16. The van der Waals surface area contributed by atoms with Gasteiger partial charge in [0.15, 0.2) is 0 Å². The third-order valence-electron chi connectivity index (χ3n) is 3.95. The van der Waals surface area contributed by atoms with Crippen LogP contribution in [0.5, 0.6) is 0 Å². The lowest BCUT2D eigenvalue weighted by Crippen LogP contribution is -2.30. The van der Waals surface area contributed by atoms with Gasteiger partial charge in [-0.3, -0.25) is 14.5 Å². The number of hydrogen-bond donors (Lipinski definition) is 2. The summed E-state index contributed by atoms with van der Waals surface area (Å²) < 4.78 is 18.7. The van der Waals surface area contributed by atoms with Crippen molar-refractivity contribution >= 4 is 50.1 Å². The quantitative estimate of drug-likeness (QED) is 0.558. The maximum absolute atomic E-state index is 13.3. The molecule has 1 aromatic heterocycles. The number of hydrogen-bond acceptors (Lipinski definition) is 6. The SMILES string of the molecule is CCOC(=O)c1c(NC(=O)CN(C)Cc2ccc(F)c(Br)c2)sc(C(N)=O)c1C. The van der Waals surface area contributed by atoms with E-state index in [-0.39, 0.29) is 40.3 Å². The molecule has 0 radical (unpaired) electrons. The van der Waals surface area contributed by atoms with Crippen molar-refractivity contribution in [2.75, 3.05) is 25.5 Å². The third kappa shape index (κ3) is 5.84. The highest BCUT2D eigenvalue weighted by Crippen LogP contribution is 2.33. The molecule has 0 aliphatic rings. The van der Waals surface area contributed by atoms with Gasteiger partial charge in [0.25, 0.3) is 5.91 Å². The molecular formula is C19H21BrFN3O4S. The Morgan fingerprint density at radius 1 is 1.34 bits per heavy atom. The number of likely N-dealkylation sites (N-methyl/N-ethyl adjacent to an activating group) is 1. The minimum Gasteiger partial charge on any atom is -0.462 e. The molecule has 1 heterocycles. The Bertz CT molecular complexity index is 948. The lowest BCUT2D eigenvalue weighted by molar-refractivity contribution is -0.117. The average Bonchev–Trinajstić information content (AvgIpc) is 2.94. The first-order chi connectivity index (χ1) is 13.6. The second-order valence-corrected chi connectivity index (χ2v) is 8.19. The number of esters is 1. The first kappa shape index (κ1) is 23.0. The van der Waals surface area contributed by atoms with Crippen LogP contribution in [0.2, 0.25) is 0 Å². The molecule has 2 aromatic rings. The van der Waals surface area contributed by atoms with E-state index in [2.05, 4.69) is 21.2 Å². The van der Waals surface area contributed by atoms with Crippen molar-refractivity contribution in [1.29, 1.82) is 0 Å². The van der Waals surface area contributed by atoms with Gasteiger partial charge in [-0.25, -0.2) is 9.18 Å². The summed E-state index contributed by atoms with van der Waals surface area (Å²) in [6.07, 6.45) is 0. The van der Waals surface area contributed by atoms with Gasteiger partial charge in [0.05, 0.1) is 28.1 Å². The number of carbonyl (C=O) groups is 3. The van der Waals surface area contributed by atoms with E-state index in [0.717, 1.165) is 16.9 Å². The molecule has 0 atom stereocenters. The Kier molecular flexibility index (Phi) is 7.88. The van der Waals surface area contributed by atoms with E-state index in [4.69, 9.17) is 10.5 Å². The van der Waals surface area contributed by atoms with Crippen LogP contribution in [0.3, 0.4) is 0 Å². The molecule has 3 N–H and O–H groups in total. The summed E-state index contributed by atoms with van der Waals surface area (Å²) in [5.74, 6) is -2.05. The Morgan fingerprint density at radius 2 is 2.03 bits per heavy atom. The van der Waals surface area contributed by atoms with Gasteiger partial charge in [-0.1, -0.05) is 6.07 Å². The van der Waals surface area contributed by atoms with Gasteiger partial charge in [-0.05, 0) is 60.1 Å². The standard InChI is InChI=1S/C19H21BrFN3O4S/c1-4-28-19(27)15-10(2)16(17(22)26)29-18(15)23-14(25)9-24(3)8-11-5-6-13(21)12(20)7-11/h5-7H,4,8-9H2,1-3H3,(H2,22,26)(H,23,25). The van der Waals surface area contributed by atoms with Crippen molar-refractivity contribution in [1.82, 2.24) is 4.90 Å². The van der Waals surface area contributed by atoms with Crippen LogP contribution in [-0.2, 0) is 16.1 Å². The maximum Gasteiger partial charge on any atom is 0.341 e. The topological polar surface area (TPSA) is 102 Å². The van der Waals surface area contributed by atoms with Crippen LogP contribution in [0.15, 0.2) is 22.7 Å². The van der Waals surface area contributed by atoms with Gasteiger partial charge in [0, 0.05) is 6.54 Å². The average molecular weight is 486 g/mol. The molecule has 156 valence electrons. The number of thiophene rings is 1. The predicted octanol–water partition coefficient (Wildman–Crippen LogP) is 3.30. The summed E-state index contributed by atoms with van der Waals surface area (Å²) in [6, 6.07) is 4.62. The smallest absolute Gasteiger partial charge is 0.341 e. The van der Waals surface area contributed by atoms with Crippen LogP contribution < -0.4 is 11.1 Å². The maximum atomic E-state index is 13.3. The van der Waals surface area contributed by atoms with E-state index in [0.29, 0.717) is 16.6 Å². The van der Waals surface area contributed by atoms with Crippen LogP contribution in [0, 0.1) is 12.7 Å². The fourth-order valence-electron chi connectivity index (χ4n) is 2.70. The van der Waals surface area contributed by atoms with Crippen molar-refractivity contribution in [2.24, 2.45) is 5.73 Å². The van der Waals surface area contributed by atoms with Gasteiger partial charge in [0.2, 0.25) is 5.91 Å². The highest BCUT2D eigenvalue weighted by molar-refractivity contribution is 9.10. The largest absolute Gasteiger partial charge is 0.462 e. The zero-order chi connectivity index (χ0) is 21.7. The molecule has 0 aliphatic heterocycles. The van der Waals surface area contributed by atoms with Gasteiger partial charge < -0.3 is 15.8 Å². The number of ether oxygens (including phenoxy) is 1. The number of carbonyl (C=O) groups excluding carboxylic acids is 3. The number of halogens is 2. The zero-order valence-corrected chi connectivity index (χ0v) is 18.6. The Labute approximate surface area is 180 Å². The van der Waals surface area contributed by atoms with Crippen LogP contribution in [0.25, 0.3) is 0 Å². The van der Waals surface area contributed by atoms with Crippen molar-refractivity contribution in [2.45, 2.75) is 20.4 Å². The van der Waals surface area contributed by atoms with Crippen molar-refractivity contribution in [3.63, 3.8) is 0 Å². The molecule has 2 rings (SSSR count). The Hall–Kier alpha value is -2.30. The zero-order valence-electron chi connectivity index (χ0n) is 16.2. The lowest BCUT2D eigenvalue weighted by atomic mass is 10.1. The summed E-state index contributed by atoms with van der Waals surface area (Å²) in [5, 5.41) is 2.88. The second kappa shape index (κ2) is 9.95. The van der Waals surface area contributed by atoms with E-state index in [1.807, 2.05) is 0 Å². The molecule has 10 heteroatoms. The van der Waals surface area contributed by atoms with Crippen LogP contribution in [-0.4, -0.2) is 42.9 Å². The molecule has 29 heavy (non-hydrogen) atoms. The van der Waals surface area contributed by atoms with Crippen molar-refractivity contribution < 1.29 is 23.5 Å². The van der Waals surface area contributed by atoms with Crippen LogP contribution >= 0.6 is 27.3 Å². The van der Waals surface area contributed by atoms with Crippen LogP contribution in [0.4, 0.5) is 9.39 Å². The van der Waals surface area contributed by atoms with Gasteiger partial charge in [-0.2, -0.15) is 0 Å². The number of primary amides is 1. The Balaban J connectivity index is 2.12. The molecule has 0 saturated carbocycles. The molecular weight excluding hydrogens is 465 g/mol. The summed E-state index contributed by atoms with van der Waals surface area (Å²) in [6.45, 7) is 3.82. The number of nitrogens with two attached hydrogens (primary N) is 1. The molecule has 7 nitrogen and oxygen atoms in total. The normalized spacial score (nSPS) is 10.8. The highest BCUT2D eigenvalue weighted by atomic mass is 79.9. The number of amides is 2. The number of nitrogens with zero attached hydrogens (tertiary/aromatic N) is 1. The fourth-order valence-corrected chi connectivity index (χ4v) is 4.19. The van der Waals surface area contributed by atoms with Crippen molar-refractivity contribution in [3.8, 4) is 0 Å². The van der Waals surface area contributed by atoms with E-state index >= 15 is 0 Å². The van der Waals surface area contributed by atoms with Gasteiger partial charge in [-0.15, -0.1) is 11.3 Å². The minimum absolute atomic E-state index is 0.0140. The molecule has 0 fully saturated rings. The molecule has 0 spiro atoms. The number of anilines is 1. The van der Waals surface area contributed by atoms with Gasteiger partial charge >= 0.3 is 5.97 Å². The highest BCUT2D eigenvalue weighted by Gasteiger charge is 2.25. The summed E-state index contributed by atoms with van der Waals surface area (Å²) in [5.41, 5.74) is 6.69. The summed E-state index contributed by atoms with van der Waals surface area (Å²) in [7, 11) is 1.73. The number of nitrogens with one attached hydrogen (secondary N) is 1. The number of benzene rings is 1. The monoisotopic (exact) mass is 485 g/mol. The minimum atomic E-state index is -0.683.